The fraction of sp³-hybridized carbons (Fsp3) is 0.500. The Morgan fingerprint density at radius 1 is 1.07 bits per heavy atom. The second-order valence-corrected chi connectivity index (χ2v) is 6.24. The van der Waals surface area contributed by atoms with Crippen molar-refractivity contribution in [3.63, 3.8) is 0 Å². The van der Waals surface area contributed by atoms with Crippen LogP contribution in [-0.4, -0.2) is 84.4 Å². The average Bonchev–Trinajstić information content (AvgIpc) is 2.60. The van der Waals surface area contributed by atoms with Gasteiger partial charge in [-0.25, -0.2) is 18.8 Å². The van der Waals surface area contributed by atoms with E-state index in [1.807, 2.05) is 32.8 Å². The van der Waals surface area contributed by atoms with Crippen molar-refractivity contribution in [1.29, 1.82) is 0 Å². The minimum absolute atomic E-state index is 0.0798. The van der Waals surface area contributed by atoms with Crippen molar-refractivity contribution in [2.45, 2.75) is 19.9 Å². The van der Waals surface area contributed by atoms with E-state index in [4.69, 9.17) is 24.5 Å². The van der Waals surface area contributed by atoms with Gasteiger partial charge < -0.3 is 30.1 Å². The van der Waals surface area contributed by atoms with Crippen LogP contribution in [0.3, 0.4) is 0 Å². The first-order valence-corrected chi connectivity index (χ1v) is 8.58. The molecule has 0 spiro atoms. The molecule has 0 fully saturated rings. The number of carbonyl (C=O) groups is 3. The number of rotatable bonds is 8. The highest BCUT2D eigenvalue weighted by Crippen LogP contribution is 2.11. The van der Waals surface area contributed by atoms with Crippen LogP contribution >= 0.6 is 0 Å². The van der Waals surface area contributed by atoms with Gasteiger partial charge >= 0.3 is 18.0 Å². The maximum atomic E-state index is 12.8. The smallest absolute Gasteiger partial charge is 0.414 e. The molecule has 1 aromatic carbocycles. The number of carbonyl (C=O) groups excluding carboxylic acids is 1. The Labute approximate surface area is 163 Å². The lowest BCUT2D eigenvalue weighted by Crippen LogP contribution is -2.47. The Bertz CT molecular complexity index is 610. The molecule has 0 atom stereocenters. The summed E-state index contributed by atoms with van der Waals surface area (Å²) in [6.45, 7) is 6.16. The molecule has 0 bridgehead atoms. The summed E-state index contributed by atoms with van der Waals surface area (Å²) in [5.74, 6) is -3.35. The molecule has 10 heteroatoms. The summed E-state index contributed by atoms with van der Waals surface area (Å²) in [7, 11) is 3.92. The lowest BCUT2D eigenvalue weighted by Gasteiger charge is -2.27. The summed E-state index contributed by atoms with van der Waals surface area (Å²) in [5.41, 5.74) is 0. The predicted molar refractivity (Wildman–Crippen MR) is 101 cm³/mol. The normalized spacial score (nSPS) is 10.1. The lowest BCUT2D eigenvalue weighted by atomic mass is 10.3. The maximum Gasteiger partial charge on any atom is 0.414 e. The number of aliphatic carboxylic acids is 2. The highest BCUT2D eigenvalue weighted by molar-refractivity contribution is 6.27. The third kappa shape index (κ3) is 11.7. The molecule has 0 aliphatic carbocycles. The number of nitrogens with one attached hydrogen (secondary N) is 1. The molecule has 0 radical (unpaired) electrons. The fourth-order valence-corrected chi connectivity index (χ4v) is 1.87. The standard InChI is InChI=1S/C16H26FN3O2.C2H2O4/c1-13(2)20(16(21)18-9-10-19(3)4)11-12-22-15-7-5-14(17)6-8-15;3-1(4)2(5)6/h5-8,13H,9-12H2,1-4H3,(H,18,21);(H,3,4)(H,5,6). The summed E-state index contributed by atoms with van der Waals surface area (Å²) in [5, 5.41) is 17.7. The molecule has 0 heterocycles. The first-order chi connectivity index (χ1) is 13.0. The Kier molecular flexibility index (Phi) is 11.9. The molecule has 0 saturated heterocycles. The second kappa shape index (κ2) is 13.3. The number of hydrogen-bond acceptors (Lipinski definition) is 5. The molecule has 9 nitrogen and oxygen atoms in total. The van der Waals surface area contributed by atoms with Gasteiger partial charge in [0.25, 0.3) is 0 Å². The van der Waals surface area contributed by atoms with Crippen molar-refractivity contribution in [2.75, 3.05) is 40.3 Å². The summed E-state index contributed by atoms with van der Waals surface area (Å²) in [4.78, 5) is 34.1. The van der Waals surface area contributed by atoms with Crippen molar-refractivity contribution in [2.24, 2.45) is 0 Å². The van der Waals surface area contributed by atoms with Gasteiger partial charge in [-0.05, 0) is 52.2 Å². The predicted octanol–water partition coefficient (Wildman–Crippen LogP) is 1.34. The molecule has 3 N–H and O–H groups in total. The van der Waals surface area contributed by atoms with Crippen LogP contribution in [0.1, 0.15) is 13.8 Å². The van der Waals surface area contributed by atoms with Crippen LogP contribution in [0.5, 0.6) is 5.75 Å². The summed E-state index contributed by atoms with van der Waals surface area (Å²) < 4.78 is 18.3. The van der Waals surface area contributed by atoms with E-state index in [-0.39, 0.29) is 17.9 Å². The highest BCUT2D eigenvalue weighted by atomic mass is 19.1. The SMILES string of the molecule is CC(C)N(CCOc1ccc(F)cc1)C(=O)NCCN(C)C.O=C(O)C(=O)O. The number of carboxylic acid groups (broad SMARTS) is 2. The van der Waals surface area contributed by atoms with E-state index in [2.05, 4.69) is 5.32 Å². The van der Waals surface area contributed by atoms with Crippen LogP contribution in [0.15, 0.2) is 24.3 Å². The van der Waals surface area contributed by atoms with E-state index in [9.17, 15) is 9.18 Å². The summed E-state index contributed by atoms with van der Waals surface area (Å²) >= 11 is 0. The zero-order valence-corrected chi connectivity index (χ0v) is 16.5. The van der Waals surface area contributed by atoms with Gasteiger partial charge in [0.1, 0.15) is 18.2 Å². The van der Waals surface area contributed by atoms with Gasteiger partial charge in [-0.2, -0.15) is 0 Å². The van der Waals surface area contributed by atoms with Gasteiger partial charge in [0.2, 0.25) is 0 Å². The molecule has 158 valence electrons. The highest BCUT2D eigenvalue weighted by Gasteiger charge is 2.16. The monoisotopic (exact) mass is 401 g/mol. The van der Waals surface area contributed by atoms with E-state index in [0.717, 1.165) is 6.54 Å². The number of amides is 2. The van der Waals surface area contributed by atoms with E-state index < -0.39 is 11.9 Å². The fourth-order valence-electron chi connectivity index (χ4n) is 1.87. The number of likely N-dealkylation sites (N-methyl/N-ethyl adjacent to an activating group) is 1. The largest absolute Gasteiger partial charge is 0.492 e. The van der Waals surface area contributed by atoms with Gasteiger partial charge in [-0.1, -0.05) is 0 Å². The molecule has 0 aliphatic heterocycles. The first-order valence-electron chi connectivity index (χ1n) is 8.58. The van der Waals surface area contributed by atoms with E-state index in [1.165, 1.54) is 12.1 Å². The van der Waals surface area contributed by atoms with Crippen LogP contribution < -0.4 is 10.1 Å². The third-order valence-electron chi connectivity index (χ3n) is 3.32. The topological polar surface area (TPSA) is 119 Å². The number of hydrogen-bond donors (Lipinski definition) is 3. The molecule has 0 saturated carbocycles. The number of urea groups is 1. The Morgan fingerprint density at radius 2 is 1.61 bits per heavy atom. The van der Waals surface area contributed by atoms with Crippen LogP contribution in [0.2, 0.25) is 0 Å². The first kappa shape index (κ1) is 25.1. The lowest BCUT2D eigenvalue weighted by molar-refractivity contribution is -0.159. The number of benzene rings is 1. The number of halogens is 1. The van der Waals surface area contributed by atoms with Gasteiger partial charge in [0, 0.05) is 19.1 Å². The molecule has 1 aromatic rings. The third-order valence-corrected chi connectivity index (χ3v) is 3.32. The van der Waals surface area contributed by atoms with E-state index in [0.29, 0.717) is 25.4 Å². The molecule has 0 aliphatic rings. The number of carboxylic acids is 2. The quantitative estimate of drug-likeness (QED) is 0.562. The Balaban J connectivity index is 0.00000105. The zero-order valence-electron chi connectivity index (χ0n) is 16.5. The summed E-state index contributed by atoms with van der Waals surface area (Å²) in [6.07, 6.45) is 0. The number of ether oxygens (including phenoxy) is 1. The summed E-state index contributed by atoms with van der Waals surface area (Å²) in [6, 6.07) is 5.83. The zero-order chi connectivity index (χ0) is 21.7. The van der Waals surface area contributed by atoms with Gasteiger partial charge in [-0.3, -0.25) is 0 Å². The maximum absolute atomic E-state index is 12.8. The average molecular weight is 401 g/mol. The van der Waals surface area contributed by atoms with Gasteiger partial charge in [0.15, 0.2) is 0 Å². The van der Waals surface area contributed by atoms with Crippen molar-refractivity contribution < 1.29 is 33.7 Å². The molecular weight excluding hydrogens is 373 g/mol. The molecule has 0 aromatic heterocycles. The van der Waals surface area contributed by atoms with Crippen LogP contribution in [-0.2, 0) is 9.59 Å². The molecule has 1 rings (SSSR count). The van der Waals surface area contributed by atoms with Gasteiger partial charge in [-0.15, -0.1) is 0 Å². The van der Waals surface area contributed by atoms with Crippen LogP contribution in [0, 0.1) is 5.82 Å². The van der Waals surface area contributed by atoms with E-state index >= 15 is 0 Å². The second-order valence-electron chi connectivity index (χ2n) is 6.24. The van der Waals surface area contributed by atoms with Crippen LogP contribution in [0.25, 0.3) is 0 Å². The molecule has 2 amide bonds. The van der Waals surface area contributed by atoms with Crippen molar-refractivity contribution in [3.05, 3.63) is 30.1 Å². The molecule has 0 unspecified atom stereocenters. The van der Waals surface area contributed by atoms with Gasteiger partial charge in [0.05, 0.1) is 6.54 Å². The Hall–Kier alpha value is -2.88. The molecule has 28 heavy (non-hydrogen) atoms. The molecular formula is C18H28FN3O6. The Morgan fingerprint density at radius 3 is 2.04 bits per heavy atom. The van der Waals surface area contributed by atoms with E-state index in [1.54, 1.807) is 17.0 Å². The van der Waals surface area contributed by atoms with Crippen molar-refractivity contribution in [3.8, 4) is 5.75 Å². The van der Waals surface area contributed by atoms with Crippen molar-refractivity contribution in [1.82, 2.24) is 15.1 Å². The van der Waals surface area contributed by atoms with Crippen LogP contribution in [0.4, 0.5) is 9.18 Å². The minimum Gasteiger partial charge on any atom is -0.492 e. The number of nitrogens with zero attached hydrogens (tertiary/aromatic N) is 2. The van der Waals surface area contributed by atoms with Crippen molar-refractivity contribution >= 4 is 18.0 Å². The minimum atomic E-state index is -1.82.